The second kappa shape index (κ2) is 8.56. The number of H-pyrrole nitrogens is 1. The summed E-state index contributed by atoms with van der Waals surface area (Å²) in [6.45, 7) is 2.81. The molecule has 0 saturated carbocycles. The molecule has 0 bridgehead atoms. The molecule has 0 aliphatic carbocycles. The van der Waals surface area contributed by atoms with Gasteiger partial charge in [-0.3, -0.25) is 10.1 Å². The number of nitrogens with zero attached hydrogens (tertiary/aromatic N) is 3. The minimum Gasteiger partial charge on any atom is -0.352 e. The van der Waals surface area contributed by atoms with Crippen LogP contribution in [0, 0.1) is 0 Å². The number of fused-ring (bicyclic) bond motifs is 1. The Morgan fingerprint density at radius 3 is 2.72 bits per heavy atom. The summed E-state index contributed by atoms with van der Waals surface area (Å²) < 4.78 is 0. The lowest BCUT2D eigenvalue weighted by molar-refractivity contribution is 0.690. The molecule has 0 radical (unpaired) electrons. The maximum absolute atomic E-state index is 4.39. The fourth-order valence-corrected chi connectivity index (χ4v) is 3.46. The number of aromatic nitrogens is 3. The van der Waals surface area contributed by atoms with Crippen molar-refractivity contribution in [2.24, 2.45) is 4.99 Å². The van der Waals surface area contributed by atoms with Crippen LogP contribution in [-0.4, -0.2) is 28.2 Å². The summed E-state index contributed by atoms with van der Waals surface area (Å²) in [4.78, 5) is 8.60. The highest BCUT2D eigenvalue weighted by Gasteiger charge is 2.11. The molecule has 1 atom stereocenters. The minimum atomic E-state index is 0.118. The standard InChI is InChI=1S/C23H24N6/c1-16(20-12-6-9-18-8-3-4-11-21(18)20)28-23(24-2)25-14-17-7-5-10-19(13-17)22-26-15-27-29-22/h3-13,15-16H,14H2,1-2H3,(H2,24,25,28)(H,26,27,29). The number of guanidine groups is 1. The first-order valence-electron chi connectivity index (χ1n) is 9.64. The zero-order valence-corrected chi connectivity index (χ0v) is 16.6. The molecule has 29 heavy (non-hydrogen) atoms. The molecule has 0 saturated heterocycles. The van der Waals surface area contributed by atoms with Crippen molar-refractivity contribution in [3.8, 4) is 11.4 Å². The summed E-state index contributed by atoms with van der Waals surface area (Å²) >= 11 is 0. The Kier molecular flexibility index (Phi) is 5.52. The molecular formula is C23H24N6. The molecule has 4 aromatic rings. The second-order valence-electron chi connectivity index (χ2n) is 6.89. The van der Waals surface area contributed by atoms with Gasteiger partial charge in [0, 0.05) is 19.2 Å². The molecule has 0 fully saturated rings. The molecule has 3 aromatic carbocycles. The van der Waals surface area contributed by atoms with Gasteiger partial charge in [-0.1, -0.05) is 60.7 Å². The highest BCUT2D eigenvalue weighted by atomic mass is 15.2. The predicted octanol–water partition coefficient (Wildman–Crippen LogP) is 4.05. The van der Waals surface area contributed by atoms with E-state index < -0.39 is 0 Å². The van der Waals surface area contributed by atoms with Crippen LogP contribution in [0.3, 0.4) is 0 Å². The SMILES string of the molecule is CN=C(NCc1cccc(-c2ncn[nH]2)c1)NC(C)c1cccc2ccccc12. The molecule has 1 heterocycles. The largest absolute Gasteiger partial charge is 0.352 e. The summed E-state index contributed by atoms with van der Waals surface area (Å²) in [6, 6.07) is 23.2. The predicted molar refractivity (Wildman–Crippen MR) is 118 cm³/mol. The van der Waals surface area contributed by atoms with Gasteiger partial charge >= 0.3 is 0 Å². The zero-order valence-electron chi connectivity index (χ0n) is 16.6. The molecule has 0 aliphatic rings. The molecule has 0 spiro atoms. The van der Waals surface area contributed by atoms with Crippen molar-refractivity contribution in [1.82, 2.24) is 25.8 Å². The Morgan fingerprint density at radius 2 is 1.90 bits per heavy atom. The van der Waals surface area contributed by atoms with Gasteiger partial charge in [0.05, 0.1) is 6.04 Å². The first kappa shape index (κ1) is 18.7. The lowest BCUT2D eigenvalue weighted by Gasteiger charge is -2.20. The van der Waals surface area contributed by atoms with Crippen LogP contribution in [0.2, 0.25) is 0 Å². The summed E-state index contributed by atoms with van der Waals surface area (Å²) in [5.74, 6) is 1.52. The van der Waals surface area contributed by atoms with Gasteiger partial charge in [-0.05, 0) is 34.9 Å². The molecule has 1 unspecified atom stereocenters. The smallest absolute Gasteiger partial charge is 0.191 e. The van der Waals surface area contributed by atoms with Gasteiger partial charge in [-0.2, -0.15) is 5.10 Å². The Balaban J connectivity index is 1.44. The molecule has 146 valence electrons. The molecule has 0 amide bonds. The Bertz CT molecular complexity index is 1110. The number of hydrogen-bond acceptors (Lipinski definition) is 3. The van der Waals surface area contributed by atoms with Crippen LogP contribution in [0.4, 0.5) is 0 Å². The van der Waals surface area contributed by atoms with E-state index in [1.807, 2.05) is 12.1 Å². The van der Waals surface area contributed by atoms with Crippen molar-refractivity contribution >= 4 is 16.7 Å². The van der Waals surface area contributed by atoms with Crippen molar-refractivity contribution in [1.29, 1.82) is 0 Å². The van der Waals surface area contributed by atoms with E-state index in [4.69, 9.17) is 0 Å². The molecule has 6 heteroatoms. The molecule has 4 rings (SSSR count). The van der Waals surface area contributed by atoms with Crippen molar-refractivity contribution in [3.63, 3.8) is 0 Å². The van der Waals surface area contributed by atoms with Crippen molar-refractivity contribution in [2.75, 3.05) is 7.05 Å². The van der Waals surface area contributed by atoms with Gasteiger partial charge in [-0.25, -0.2) is 4.98 Å². The average Bonchev–Trinajstić information content (AvgIpc) is 3.31. The van der Waals surface area contributed by atoms with Crippen LogP contribution >= 0.6 is 0 Å². The van der Waals surface area contributed by atoms with Gasteiger partial charge in [0.2, 0.25) is 0 Å². The number of nitrogens with one attached hydrogen (secondary N) is 3. The van der Waals surface area contributed by atoms with Crippen LogP contribution in [0.1, 0.15) is 24.1 Å². The summed E-state index contributed by atoms with van der Waals surface area (Å²) in [5, 5.41) is 16.2. The molecule has 0 aliphatic heterocycles. The van der Waals surface area contributed by atoms with E-state index in [1.165, 1.54) is 22.7 Å². The summed E-state index contributed by atoms with van der Waals surface area (Å²) in [6.07, 6.45) is 1.51. The number of hydrogen-bond donors (Lipinski definition) is 3. The van der Waals surface area contributed by atoms with Crippen molar-refractivity contribution in [2.45, 2.75) is 19.5 Å². The fourth-order valence-electron chi connectivity index (χ4n) is 3.46. The van der Waals surface area contributed by atoms with Gasteiger partial charge < -0.3 is 10.6 Å². The summed E-state index contributed by atoms with van der Waals surface area (Å²) in [5.41, 5.74) is 3.40. The Morgan fingerprint density at radius 1 is 1.07 bits per heavy atom. The van der Waals surface area contributed by atoms with Crippen LogP contribution in [0.25, 0.3) is 22.2 Å². The molecular weight excluding hydrogens is 360 g/mol. The first-order chi connectivity index (χ1) is 14.2. The normalized spacial score (nSPS) is 12.7. The third-order valence-electron chi connectivity index (χ3n) is 4.94. The zero-order chi connectivity index (χ0) is 20.1. The Labute approximate surface area is 170 Å². The minimum absolute atomic E-state index is 0.118. The summed E-state index contributed by atoms with van der Waals surface area (Å²) in [7, 11) is 1.79. The Hall–Kier alpha value is -3.67. The van der Waals surface area contributed by atoms with Gasteiger partial charge in [0.15, 0.2) is 11.8 Å². The van der Waals surface area contributed by atoms with Gasteiger partial charge in [0.1, 0.15) is 6.33 Å². The first-order valence-corrected chi connectivity index (χ1v) is 9.64. The monoisotopic (exact) mass is 384 g/mol. The topological polar surface area (TPSA) is 78.0 Å². The van der Waals surface area contributed by atoms with Crippen molar-refractivity contribution < 1.29 is 0 Å². The van der Waals surface area contributed by atoms with Gasteiger partial charge in [-0.15, -0.1) is 0 Å². The molecule has 1 aromatic heterocycles. The third-order valence-corrected chi connectivity index (χ3v) is 4.94. The quantitative estimate of drug-likeness (QED) is 0.358. The lowest BCUT2D eigenvalue weighted by atomic mass is 10.00. The van der Waals surface area contributed by atoms with Crippen LogP contribution < -0.4 is 10.6 Å². The second-order valence-corrected chi connectivity index (χ2v) is 6.89. The lowest BCUT2D eigenvalue weighted by Crippen LogP contribution is -2.38. The number of aromatic amines is 1. The highest BCUT2D eigenvalue weighted by Crippen LogP contribution is 2.24. The molecule has 6 nitrogen and oxygen atoms in total. The maximum Gasteiger partial charge on any atom is 0.191 e. The third kappa shape index (κ3) is 4.27. The van der Waals surface area contributed by atoms with E-state index in [9.17, 15) is 0 Å². The van der Waals surface area contributed by atoms with Crippen molar-refractivity contribution in [3.05, 3.63) is 84.2 Å². The van der Waals surface area contributed by atoms with E-state index in [1.54, 1.807) is 7.05 Å². The van der Waals surface area contributed by atoms with E-state index in [0.717, 1.165) is 22.9 Å². The fraction of sp³-hybridized carbons (Fsp3) is 0.174. The highest BCUT2D eigenvalue weighted by molar-refractivity contribution is 5.87. The van der Waals surface area contributed by atoms with E-state index in [2.05, 4.69) is 92.3 Å². The number of benzene rings is 3. The number of rotatable bonds is 5. The van der Waals surface area contributed by atoms with E-state index in [0.29, 0.717) is 6.54 Å². The maximum atomic E-state index is 4.39. The van der Waals surface area contributed by atoms with Crippen LogP contribution in [0.5, 0.6) is 0 Å². The van der Waals surface area contributed by atoms with Gasteiger partial charge in [0.25, 0.3) is 0 Å². The molecule has 3 N–H and O–H groups in total. The van der Waals surface area contributed by atoms with Crippen LogP contribution in [0.15, 0.2) is 78.0 Å². The van der Waals surface area contributed by atoms with E-state index in [-0.39, 0.29) is 6.04 Å². The van der Waals surface area contributed by atoms with Crippen LogP contribution in [-0.2, 0) is 6.54 Å². The average molecular weight is 384 g/mol. The number of aliphatic imine (C=N–C) groups is 1. The van der Waals surface area contributed by atoms with E-state index >= 15 is 0 Å².